The molecular weight excluding hydrogens is 328 g/mol. The van der Waals surface area contributed by atoms with Gasteiger partial charge in [0.15, 0.2) is 11.5 Å². The van der Waals surface area contributed by atoms with E-state index >= 15 is 0 Å². The third-order valence-electron chi connectivity index (χ3n) is 2.43. The number of thiophene rings is 1. The zero-order valence-electron chi connectivity index (χ0n) is 10.4. The highest BCUT2D eigenvalue weighted by Gasteiger charge is 2.12. The van der Waals surface area contributed by atoms with Crippen molar-refractivity contribution < 1.29 is 14.3 Å². The summed E-state index contributed by atoms with van der Waals surface area (Å²) in [6, 6.07) is 5.42. The molecule has 0 N–H and O–H groups in total. The summed E-state index contributed by atoms with van der Waals surface area (Å²) in [6.07, 6.45) is 0.788. The van der Waals surface area contributed by atoms with Crippen LogP contribution < -0.4 is 9.47 Å². The molecule has 0 saturated heterocycles. The van der Waals surface area contributed by atoms with Crippen molar-refractivity contribution in [3.8, 4) is 11.5 Å². The minimum absolute atomic E-state index is 0.475. The first kappa shape index (κ1) is 14.1. The van der Waals surface area contributed by atoms with E-state index < -0.39 is 0 Å². The lowest BCUT2D eigenvalue weighted by Gasteiger charge is -2.13. The Morgan fingerprint density at radius 2 is 2.21 bits per heavy atom. The molecule has 0 amide bonds. The van der Waals surface area contributed by atoms with E-state index in [-0.39, 0.29) is 0 Å². The molecule has 0 fully saturated rings. The van der Waals surface area contributed by atoms with Crippen LogP contribution in [0, 0.1) is 0 Å². The van der Waals surface area contributed by atoms with Gasteiger partial charge in [-0.2, -0.15) is 11.3 Å². The molecule has 0 spiro atoms. The van der Waals surface area contributed by atoms with Gasteiger partial charge in [-0.05, 0) is 57.4 Å². The quantitative estimate of drug-likeness (QED) is 0.735. The lowest BCUT2D eigenvalue weighted by atomic mass is 10.2. The van der Waals surface area contributed by atoms with Crippen LogP contribution in [-0.2, 0) is 6.61 Å². The van der Waals surface area contributed by atoms with Crippen LogP contribution in [0.1, 0.15) is 22.8 Å². The molecule has 0 saturated carbocycles. The summed E-state index contributed by atoms with van der Waals surface area (Å²) in [5.74, 6) is 1.20. The Labute approximate surface area is 124 Å². The van der Waals surface area contributed by atoms with E-state index in [1.54, 1.807) is 23.5 Å². The largest absolute Gasteiger partial charge is 0.490 e. The molecule has 0 atom stereocenters. The second kappa shape index (κ2) is 6.73. The van der Waals surface area contributed by atoms with Crippen LogP contribution in [0.15, 0.2) is 33.4 Å². The third kappa shape index (κ3) is 3.58. The van der Waals surface area contributed by atoms with Crippen LogP contribution in [0.4, 0.5) is 0 Å². The van der Waals surface area contributed by atoms with Crippen molar-refractivity contribution in [3.63, 3.8) is 0 Å². The maximum Gasteiger partial charge on any atom is 0.175 e. The molecule has 0 aliphatic rings. The Balaban J connectivity index is 2.24. The molecule has 3 nitrogen and oxygen atoms in total. The predicted molar refractivity (Wildman–Crippen MR) is 79.3 cm³/mol. The zero-order valence-corrected chi connectivity index (χ0v) is 12.8. The SMILES string of the molecule is CCOc1cc(C=O)cc(Br)c1OCc1ccsc1. The fraction of sp³-hybridized carbons (Fsp3) is 0.214. The number of carbonyl (C=O) groups is 1. The van der Waals surface area contributed by atoms with Gasteiger partial charge in [0.1, 0.15) is 12.9 Å². The Morgan fingerprint density at radius 3 is 2.84 bits per heavy atom. The molecule has 100 valence electrons. The normalized spacial score (nSPS) is 10.2. The van der Waals surface area contributed by atoms with E-state index in [0.29, 0.717) is 30.3 Å². The van der Waals surface area contributed by atoms with Crippen molar-refractivity contribution in [1.29, 1.82) is 0 Å². The zero-order chi connectivity index (χ0) is 13.7. The summed E-state index contributed by atoms with van der Waals surface area (Å²) in [4.78, 5) is 10.9. The highest BCUT2D eigenvalue weighted by atomic mass is 79.9. The van der Waals surface area contributed by atoms with Gasteiger partial charge in [-0.3, -0.25) is 4.79 Å². The first-order valence-corrected chi connectivity index (χ1v) is 7.53. The maximum absolute atomic E-state index is 10.9. The average molecular weight is 341 g/mol. The molecule has 1 aromatic carbocycles. The van der Waals surface area contributed by atoms with E-state index in [9.17, 15) is 4.79 Å². The molecule has 0 unspecified atom stereocenters. The van der Waals surface area contributed by atoms with Crippen molar-refractivity contribution in [2.24, 2.45) is 0 Å². The molecule has 2 aromatic rings. The van der Waals surface area contributed by atoms with Crippen molar-refractivity contribution in [1.82, 2.24) is 0 Å². The van der Waals surface area contributed by atoms with Crippen LogP contribution in [0.25, 0.3) is 0 Å². The predicted octanol–water partition coefficient (Wildman–Crippen LogP) is 4.30. The van der Waals surface area contributed by atoms with E-state index in [1.807, 2.05) is 23.8 Å². The van der Waals surface area contributed by atoms with Crippen LogP contribution in [0.2, 0.25) is 0 Å². The van der Waals surface area contributed by atoms with E-state index in [1.165, 1.54) is 0 Å². The summed E-state index contributed by atoms with van der Waals surface area (Å²) in [7, 11) is 0. The van der Waals surface area contributed by atoms with Gasteiger partial charge in [0.05, 0.1) is 11.1 Å². The number of aldehydes is 1. The number of hydrogen-bond donors (Lipinski definition) is 0. The van der Waals surface area contributed by atoms with Crippen molar-refractivity contribution in [2.75, 3.05) is 6.61 Å². The fourth-order valence-electron chi connectivity index (χ4n) is 1.59. The van der Waals surface area contributed by atoms with Gasteiger partial charge in [-0.15, -0.1) is 0 Å². The minimum atomic E-state index is 0.475. The summed E-state index contributed by atoms with van der Waals surface area (Å²) in [5.41, 5.74) is 1.66. The molecule has 0 bridgehead atoms. The number of halogens is 1. The highest BCUT2D eigenvalue weighted by molar-refractivity contribution is 9.10. The van der Waals surface area contributed by atoms with Crippen molar-refractivity contribution >= 4 is 33.6 Å². The van der Waals surface area contributed by atoms with Crippen LogP contribution in [-0.4, -0.2) is 12.9 Å². The second-order valence-corrected chi connectivity index (χ2v) is 5.44. The number of ether oxygens (including phenoxy) is 2. The molecule has 1 aromatic heterocycles. The lowest BCUT2D eigenvalue weighted by molar-refractivity contribution is 0.112. The second-order valence-electron chi connectivity index (χ2n) is 3.80. The number of rotatable bonds is 6. The van der Waals surface area contributed by atoms with Gasteiger partial charge in [0.2, 0.25) is 0 Å². The number of carbonyl (C=O) groups excluding carboxylic acids is 1. The molecule has 5 heteroatoms. The molecule has 0 radical (unpaired) electrons. The monoisotopic (exact) mass is 340 g/mol. The Morgan fingerprint density at radius 1 is 1.37 bits per heavy atom. The maximum atomic E-state index is 10.9. The van der Waals surface area contributed by atoms with Gasteiger partial charge in [-0.25, -0.2) is 0 Å². The molecule has 0 aliphatic carbocycles. The summed E-state index contributed by atoms with van der Waals surface area (Å²) >= 11 is 5.04. The van der Waals surface area contributed by atoms with Gasteiger partial charge in [0, 0.05) is 5.56 Å². The van der Waals surface area contributed by atoms with E-state index in [2.05, 4.69) is 15.9 Å². The minimum Gasteiger partial charge on any atom is -0.490 e. The molecule has 19 heavy (non-hydrogen) atoms. The first-order chi connectivity index (χ1) is 9.24. The van der Waals surface area contributed by atoms with Gasteiger partial charge >= 0.3 is 0 Å². The van der Waals surface area contributed by atoms with Gasteiger partial charge < -0.3 is 9.47 Å². The number of hydrogen-bond acceptors (Lipinski definition) is 4. The first-order valence-electron chi connectivity index (χ1n) is 5.80. The summed E-state index contributed by atoms with van der Waals surface area (Å²) in [5, 5.41) is 4.04. The topological polar surface area (TPSA) is 35.5 Å². The third-order valence-corrected chi connectivity index (χ3v) is 3.75. The Bertz CT molecular complexity index is 552. The Hall–Kier alpha value is -1.33. The lowest BCUT2D eigenvalue weighted by Crippen LogP contribution is -2.00. The summed E-state index contributed by atoms with van der Waals surface area (Å²) < 4.78 is 12.0. The van der Waals surface area contributed by atoms with E-state index in [4.69, 9.17) is 9.47 Å². The van der Waals surface area contributed by atoms with Crippen LogP contribution in [0.3, 0.4) is 0 Å². The standard InChI is InChI=1S/C14H13BrO3S/c1-2-17-13-6-11(7-16)5-12(15)14(13)18-8-10-3-4-19-9-10/h3-7,9H,2,8H2,1H3. The summed E-state index contributed by atoms with van der Waals surface area (Å²) in [6.45, 7) is 2.89. The number of benzene rings is 1. The molecule has 0 aliphatic heterocycles. The molecule has 2 rings (SSSR count). The van der Waals surface area contributed by atoms with Crippen LogP contribution >= 0.6 is 27.3 Å². The fourth-order valence-corrected chi connectivity index (χ4v) is 2.82. The smallest absolute Gasteiger partial charge is 0.175 e. The Kier molecular flexibility index (Phi) is 4.99. The van der Waals surface area contributed by atoms with E-state index in [0.717, 1.165) is 16.3 Å². The van der Waals surface area contributed by atoms with Crippen LogP contribution in [0.5, 0.6) is 11.5 Å². The van der Waals surface area contributed by atoms with Gasteiger partial charge in [-0.1, -0.05) is 0 Å². The van der Waals surface area contributed by atoms with Crippen molar-refractivity contribution in [3.05, 3.63) is 44.6 Å². The highest BCUT2D eigenvalue weighted by Crippen LogP contribution is 2.37. The molecule has 1 heterocycles. The van der Waals surface area contributed by atoms with Gasteiger partial charge in [0.25, 0.3) is 0 Å². The van der Waals surface area contributed by atoms with Crippen molar-refractivity contribution in [2.45, 2.75) is 13.5 Å². The average Bonchev–Trinajstić information content (AvgIpc) is 2.91. The molecular formula is C14H13BrO3S.